The molecule has 0 spiro atoms. The molecule has 0 bridgehead atoms. The molecule has 0 unspecified atom stereocenters. The number of non-ortho nitro benzene ring substituents is 1. The summed E-state index contributed by atoms with van der Waals surface area (Å²) in [5.41, 5.74) is 2.05. The maximum atomic E-state index is 12.6. The van der Waals surface area contributed by atoms with Crippen LogP contribution in [-0.2, 0) is 6.54 Å². The van der Waals surface area contributed by atoms with Gasteiger partial charge in [0.15, 0.2) is 0 Å². The molecule has 2 rings (SSSR count). The largest absolute Gasteiger partial charge is 0.377 e. The molecule has 8 nitrogen and oxygen atoms in total. The Morgan fingerprint density at radius 1 is 1.04 bits per heavy atom. The number of nitrogens with one attached hydrogen (secondary N) is 1. The Hall–Kier alpha value is -3.42. The number of hydrogen-bond donors (Lipinski definition) is 1. The SMILES string of the molecule is CN(C)C(=O)c1ccc(CNC(=O)c2cc([N+](=O)[O-])ccc2N(C)C)cc1. The van der Waals surface area contributed by atoms with Crippen molar-refractivity contribution in [2.75, 3.05) is 33.1 Å². The number of hydrogen-bond acceptors (Lipinski definition) is 5. The fourth-order valence-electron chi connectivity index (χ4n) is 2.51. The lowest BCUT2D eigenvalue weighted by Crippen LogP contribution is -2.25. The van der Waals surface area contributed by atoms with Crippen molar-refractivity contribution in [3.8, 4) is 0 Å². The van der Waals surface area contributed by atoms with Crippen LogP contribution in [0.5, 0.6) is 0 Å². The maximum Gasteiger partial charge on any atom is 0.270 e. The van der Waals surface area contributed by atoms with Crippen molar-refractivity contribution in [3.63, 3.8) is 0 Å². The van der Waals surface area contributed by atoms with Crippen LogP contribution in [0.25, 0.3) is 0 Å². The smallest absolute Gasteiger partial charge is 0.270 e. The molecule has 0 atom stereocenters. The highest BCUT2D eigenvalue weighted by Crippen LogP contribution is 2.24. The van der Waals surface area contributed by atoms with Crippen molar-refractivity contribution in [2.24, 2.45) is 0 Å². The van der Waals surface area contributed by atoms with Crippen molar-refractivity contribution in [1.82, 2.24) is 10.2 Å². The van der Waals surface area contributed by atoms with E-state index in [1.807, 2.05) is 0 Å². The van der Waals surface area contributed by atoms with E-state index < -0.39 is 10.8 Å². The first-order valence-electron chi connectivity index (χ1n) is 8.25. The summed E-state index contributed by atoms with van der Waals surface area (Å²) in [6.07, 6.45) is 0. The monoisotopic (exact) mass is 370 g/mol. The van der Waals surface area contributed by atoms with Gasteiger partial charge in [-0.05, 0) is 23.8 Å². The molecule has 0 saturated carbocycles. The number of carbonyl (C=O) groups excluding carboxylic acids is 2. The molecular formula is C19H22N4O4. The molecule has 0 radical (unpaired) electrons. The Morgan fingerprint density at radius 2 is 1.67 bits per heavy atom. The van der Waals surface area contributed by atoms with Crippen molar-refractivity contribution < 1.29 is 14.5 Å². The second kappa shape index (κ2) is 8.31. The highest BCUT2D eigenvalue weighted by Gasteiger charge is 2.18. The van der Waals surface area contributed by atoms with Crippen LogP contribution in [0.2, 0.25) is 0 Å². The van der Waals surface area contributed by atoms with E-state index in [1.165, 1.54) is 17.0 Å². The third-order valence-corrected chi connectivity index (χ3v) is 3.98. The third-order valence-electron chi connectivity index (χ3n) is 3.98. The standard InChI is InChI=1S/C19H22N4O4/c1-21(2)17-10-9-15(23(26)27)11-16(17)18(24)20-12-13-5-7-14(8-6-13)19(25)22(3)4/h5-11H,12H2,1-4H3,(H,20,24). The molecule has 0 fully saturated rings. The van der Waals surface area contributed by atoms with Gasteiger partial charge in [-0.25, -0.2) is 0 Å². The fourth-order valence-corrected chi connectivity index (χ4v) is 2.51. The summed E-state index contributed by atoms with van der Waals surface area (Å²) in [5, 5.41) is 13.8. The maximum absolute atomic E-state index is 12.6. The second-order valence-corrected chi connectivity index (χ2v) is 6.43. The van der Waals surface area contributed by atoms with Gasteiger partial charge in [0.25, 0.3) is 17.5 Å². The van der Waals surface area contributed by atoms with Gasteiger partial charge in [-0.3, -0.25) is 19.7 Å². The lowest BCUT2D eigenvalue weighted by atomic mass is 10.1. The Kier molecular flexibility index (Phi) is 6.12. The lowest BCUT2D eigenvalue weighted by Gasteiger charge is -2.17. The van der Waals surface area contributed by atoms with Crippen LogP contribution in [0.3, 0.4) is 0 Å². The van der Waals surface area contributed by atoms with Crippen LogP contribution >= 0.6 is 0 Å². The summed E-state index contributed by atoms with van der Waals surface area (Å²) in [5.74, 6) is -0.506. The minimum Gasteiger partial charge on any atom is -0.377 e. The third kappa shape index (κ3) is 4.81. The van der Waals surface area contributed by atoms with Crippen LogP contribution in [0.4, 0.5) is 11.4 Å². The average Bonchev–Trinajstić information content (AvgIpc) is 2.65. The summed E-state index contributed by atoms with van der Waals surface area (Å²) in [6.45, 7) is 0.241. The normalized spacial score (nSPS) is 10.2. The molecule has 0 heterocycles. The minimum absolute atomic E-state index is 0.0993. The molecule has 2 amide bonds. The first-order valence-corrected chi connectivity index (χ1v) is 8.25. The summed E-state index contributed by atoms with van der Waals surface area (Å²) >= 11 is 0. The number of anilines is 1. The first-order chi connectivity index (χ1) is 12.7. The predicted molar refractivity (Wildman–Crippen MR) is 103 cm³/mol. The van der Waals surface area contributed by atoms with E-state index in [9.17, 15) is 19.7 Å². The van der Waals surface area contributed by atoms with E-state index in [0.717, 1.165) is 5.56 Å². The van der Waals surface area contributed by atoms with Gasteiger partial charge >= 0.3 is 0 Å². The van der Waals surface area contributed by atoms with Gasteiger partial charge in [-0.1, -0.05) is 12.1 Å². The van der Waals surface area contributed by atoms with Crippen molar-refractivity contribution in [2.45, 2.75) is 6.54 Å². The van der Waals surface area contributed by atoms with Crippen molar-refractivity contribution in [3.05, 3.63) is 69.3 Å². The zero-order valence-electron chi connectivity index (χ0n) is 15.7. The Morgan fingerprint density at radius 3 is 2.19 bits per heavy atom. The number of nitrogens with zero attached hydrogens (tertiary/aromatic N) is 3. The lowest BCUT2D eigenvalue weighted by molar-refractivity contribution is -0.384. The van der Waals surface area contributed by atoms with E-state index in [1.54, 1.807) is 63.4 Å². The number of nitro benzene ring substituents is 1. The van der Waals surface area contributed by atoms with Crippen LogP contribution in [0, 0.1) is 10.1 Å². The van der Waals surface area contributed by atoms with Gasteiger partial charge in [-0.2, -0.15) is 0 Å². The van der Waals surface area contributed by atoms with Gasteiger partial charge in [-0.15, -0.1) is 0 Å². The van der Waals surface area contributed by atoms with Crippen LogP contribution in [0.15, 0.2) is 42.5 Å². The van der Waals surface area contributed by atoms with Gasteiger partial charge < -0.3 is 15.1 Å². The number of nitro groups is 1. The number of benzene rings is 2. The highest BCUT2D eigenvalue weighted by molar-refractivity contribution is 6.00. The van der Waals surface area contributed by atoms with E-state index >= 15 is 0 Å². The molecule has 8 heteroatoms. The summed E-state index contributed by atoms with van der Waals surface area (Å²) < 4.78 is 0. The Labute approximate surface area is 157 Å². The number of carbonyl (C=O) groups is 2. The highest BCUT2D eigenvalue weighted by atomic mass is 16.6. The molecule has 0 aliphatic carbocycles. The van der Waals surface area contributed by atoms with Crippen molar-refractivity contribution in [1.29, 1.82) is 0 Å². The quantitative estimate of drug-likeness (QED) is 0.622. The molecule has 0 aliphatic heterocycles. The topological polar surface area (TPSA) is 95.8 Å². The molecule has 1 N–H and O–H groups in total. The summed E-state index contributed by atoms with van der Waals surface area (Å²) in [6, 6.07) is 11.1. The van der Waals surface area contributed by atoms with Gasteiger partial charge in [0.2, 0.25) is 0 Å². The molecule has 142 valence electrons. The Balaban J connectivity index is 2.14. The number of rotatable bonds is 6. The zero-order valence-corrected chi connectivity index (χ0v) is 15.7. The Bertz CT molecular complexity index is 861. The van der Waals surface area contributed by atoms with E-state index in [2.05, 4.69) is 5.32 Å². The van der Waals surface area contributed by atoms with E-state index in [-0.39, 0.29) is 23.7 Å². The van der Waals surface area contributed by atoms with Crippen LogP contribution in [-0.4, -0.2) is 49.8 Å². The molecule has 0 aliphatic rings. The van der Waals surface area contributed by atoms with E-state index in [4.69, 9.17) is 0 Å². The molecule has 2 aromatic carbocycles. The molecule has 0 aromatic heterocycles. The van der Waals surface area contributed by atoms with E-state index in [0.29, 0.717) is 11.3 Å². The second-order valence-electron chi connectivity index (χ2n) is 6.43. The predicted octanol–water partition coefficient (Wildman–Crippen LogP) is 2.29. The molecule has 0 saturated heterocycles. The van der Waals surface area contributed by atoms with Crippen LogP contribution < -0.4 is 10.2 Å². The summed E-state index contributed by atoms with van der Waals surface area (Å²) in [4.78, 5) is 38.1. The zero-order chi connectivity index (χ0) is 20.1. The molecule has 2 aromatic rings. The number of amides is 2. The van der Waals surface area contributed by atoms with Gasteiger partial charge in [0, 0.05) is 58.1 Å². The summed E-state index contributed by atoms with van der Waals surface area (Å²) in [7, 11) is 6.88. The first kappa shape index (κ1) is 19.9. The molecule has 27 heavy (non-hydrogen) atoms. The molecular weight excluding hydrogens is 348 g/mol. The minimum atomic E-state index is -0.531. The fraction of sp³-hybridized carbons (Fsp3) is 0.263. The van der Waals surface area contributed by atoms with Crippen LogP contribution in [0.1, 0.15) is 26.3 Å². The van der Waals surface area contributed by atoms with Gasteiger partial charge in [0.1, 0.15) is 0 Å². The van der Waals surface area contributed by atoms with Gasteiger partial charge in [0.05, 0.1) is 10.5 Å². The van der Waals surface area contributed by atoms with Crippen molar-refractivity contribution >= 4 is 23.2 Å². The average molecular weight is 370 g/mol.